The first-order chi connectivity index (χ1) is 7.12. The number of hydrogen-bond donors (Lipinski definition) is 1. The molecule has 0 bridgehead atoms. The molecular weight excluding hydrogens is 194 g/mol. The highest BCUT2D eigenvalue weighted by Crippen LogP contribution is 2.31. The van der Waals surface area contributed by atoms with E-state index in [1.807, 2.05) is 0 Å². The van der Waals surface area contributed by atoms with Gasteiger partial charge in [0.05, 0.1) is 0 Å². The van der Waals surface area contributed by atoms with Crippen LogP contribution in [0.15, 0.2) is 24.3 Å². The minimum absolute atomic E-state index is 0.0986. The van der Waals surface area contributed by atoms with Crippen molar-refractivity contribution in [3.8, 4) is 0 Å². The van der Waals surface area contributed by atoms with Crippen LogP contribution in [-0.4, -0.2) is 0 Å². The maximum atomic E-state index is 6.23. The summed E-state index contributed by atoms with van der Waals surface area (Å²) in [5.41, 5.74) is 9.14. The number of rotatable bonds is 1. The van der Waals surface area contributed by atoms with E-state index in [0.29, 0.717) is 0 Å². The van der Waals surface area contributed by atoms with E-state index >= 15 is 0 Å². The lowest BCUT2D eigenvalue weighted by Gasteiger charge is -2.28. The van der Waals surface area contributed by atoms with Gasteiger partial charge in [-0.2, -0.15) is 0 Å². The summed E-state index contributed by atoms with van der Waals surface area (Å²) in [6.45, 7) is 13.2. The summed E-state index contributed by atoms with van der Waals surface area (Å²) in [6, 6.07) is 8.82. The predicted molar refractivity (Wildman–Crippen MR) is 71.5 cm³/mol. The zero-order valence-corrected chi connectivity index (χ0v) is 11.5. The highest BCUT2D eigenvalue weighted by atomic mass is 14.7. The molecule has 0 fully saturated rings. The van der Waals surface area contributed by atoms with Gasteiger partial charge in [-0.05, 0) is 22.0 Å². The molecule has 2 N–H and O–H groups in total. The minimum atomic E-state index is 0.0986. The normalized spacial score (nSPS) is 14.9. The molecule has 0 amide bonds. The Kier molecular flexibility index (Phi) is 3.49. The molecule has 0 aliphatic heterocycles. The van der Waals surface area contributed by atoms with Crippen LogP contribution in [0, 0.1) is 5.41 Å². The predicted octanol–water partition coefficient (Wildman–Crippen LogP) is 4.03. The van der Waals surface area contributed by atoms with E-state index in [1.54, 1.807) is 0 Å². The third kappa shape index (κ3) is 3.08. The second-order valence-corrected chi connectivity index (χ2v) is 6.72. The molecule has 1 atom stereocenters. The molecule has 0 saturated heterocycles. The van der Waals surface area contributed by atoms with E-state index in [9.17, 15) is 0 Å². The molecule has 0 unspecified atom stereocenters. The van der Waals surface area contributed by atoms with Crippen molar-refractivity contribution in [1.82, 2.24) is 0 Å². The van der Waals surface area contributed by atoms with Crippen molar-refractivity contribution in [1.29, 1.82) is 0 Å². The third-order valence-corrected chi connectivity index (χ3v) is 3.07. The molecule has 0 aliphatic rings. The molecular formula is C15H25N. The first kappa shape index (κ1) is 13.2. The molecule has 90 valence electrons. The van der Waals surface area contributed by atoms with E-state index in [0.717, 1.165) is 0 Å². The van der Waals surface area contributed by atoms with Crippen molar-refractivity contribution in [2.75, 3.05) is 0 Å². The molecule has 0 heterocycles. The van der Waals surface area contributed by atoms with Crippen LogP contribution in [0.25, 0.3) is 0 Å². The molecule has 1 aromatic carbocycles. The summed E-state index contributed by atoms with van der Waals surface area (Å²) >= 11 is 0. The molecule has 0 saturated carbocycles. The summed E-state index contributed by atoms with van der Waals surface area (Å²) in [5.74, 6) is 0. The summed E-state index contributed by atoms with van der Waals surface area (Å²) in [4.78, 5) is 0. The molecule has 1 aromatic rings. The lowest BCUT2D eigenvalue weighted by Crippen LogP contribution is -2.26. The van der Waals surface area contributed by atoms with Gasteiger partial charge in [0.25, 0.3) is 0 Å². The van der Waals surface area contributed by atoms with Crippen LogP contribution in [0.2, 0.25) is 0 Å². The van der Waals surface area contributed by atoms with E-state index in [-0.39, 0.29) is 16.9 Å². The van der Waals surface area contributed by atoms with Crippen LogP contribution in [-0.2, 0) is 5.41 Å². The monoisotopic (exact) mass is 219 g/mol. The van der Waals surface area contributed by atoms with Crippen LogP contribution in [0.1, 0.15) is 58.7 Å². The second-order valence-electron chi connectivity index (χ2n) is 6.72. The average molecular weight is 219 g/mol. The Morgan fingerprint density at radius 2 is 1.31 bits per heavy atom. The highest BCUT2D eigenvalue weighted by molar-refractivity contribution is 5.29. The fourth-order valence-corrected chi connectivity index (χ4v) is 1.69. The first-order valence-corrected chi connectivity index (χ1v) is 5.98. The third-order valence-electron chi connectivity index (χ3n) is 3.07. The Bertz CT molecular complexity index is 335. The van der Waals surface area contributed by atoms with E-state index < -0.39 is 0 Å². The van der Waals surface area contributed by atoms with Gasteiger partial charge in [0.1, 0.15) is 0 Å². The van der Waals surface area contributed by atoms with Crippen molar-refractivity contribution >= 4 is 0 Å². The largest absolute Gasteiger partial charge is 0.324 e. The first-order valence-electron chi connectivity index (χ1n) is 5.98. The van der Waals surface area contributed by atoms with Crippen molar-refractivity contribution in [2.24, 2.45) is 11.1 Å². The van der Waals surface area contributed by atoms with Gasteiger partial charge in [-0.25, -0.2) is 0 Å². The average Bonchev–Trinajstić information content (AvgIpc) is 2.14. The topological polar surface area (TPSA) is 26.0 Å². The molecule has 1 heteroatoms. The van der Waals surface area contributed by atoms with Gasteiger partial charge in [0, 0.05) is 6.04 Å². The molecule has 0 spiro atoms. The van der Waals surface area contributed by atoms with Gasteiger partial charge < -0.3 is 5.73 Å². The quantitative estimate of drug-likeness (QED) is 0.758. The zero-order valence-electron chi connectivity index (χ0n) is 11.5. The summed E-state index contributed by atoms with van der Waals surface area (Å²) < 4.78 is 0. The minimum Gasteiger partial charge on any atom is -0.324 e. The van der Waals surface area contributed by atoms with Gasteiger partial charge in [-0.3, -0.25) is 0 Å². The Morgan fingerprint density at radius 3 is 1.62 bits per heavy atom. The van der Waals surface area contributed by atoms with Crippen molar-refractivity contribution in [3.63, 3.8) is 0 Å². The number of benzene rings is 1. The maximum absolute atomic E-state index is 6.23. The van der Waals surface area contributed by atoms with Crippen LogP contribution >= 0.6 is 0 Å². The molecule has 0 aromatic heterocycles. The van der Waals surface area contributed by atoms with Crippen LogP contribution in [0.5, 0.6) is 0 Å². The second kappa shape index (κ2) is 4.21. The van der Waals surface area contributed by atoms with Gasteiger partial charge in [0.15, 0.2) is 0 Å². The van der Waals surface area contributed by atoms with Gasteiger partial charge in [-0.15, -0.1) is 0 Å². The molecule has 0 radical (unpaired) electrons. The van der Waals surface area contributed by atoms with E-state index in [4.69, 9.17) is 5.73 Å². The van der Waals surface area contributed by atoms with Crippen LogP contribution < -0.4 is 5.73 Å². The van der Waals surface area contributed by atoms with Gasteiger partial charge in [0.2, 0.25) is 0 Å². The van der Waals surface area contributed by atoms with E-state index in [2.05, 4.69) is 65.8 Å². The Balaban J connectivity index is 2.96. The van der Waals surface area contributed by atoms with Crippen molar-refractivity contribution < 1.29 is 0 Å². The number of hydrogen-bond acceptors (Lipinski definition) is 1. The molecule has 1 nitrogen and oxygen atoms in total. The Morgan fingerprint density at radius 1 is 0.875 bits per heavy atom. The van der Waals surface area contributed by atoms with Gasteiger partial charge in [-0.1, -0.05) is 65.8 Å². The van der Waals surface area contributed by atoms with Crippen molar-refractivity contribution in [2.45, 2.75) is 53.0 Å². The SMILES string of the molecule is CC(C)(C)c1ccc([C@H](N)C(C)(C)C)cc1. The fourth-order valence-electron chi connectivity index (χ4n) is 1.69. The lowest BCUT2D eigenvalue weighted by molar-refractivity contribution is 0.327. The standard InChI is InChI=1S/C15H25N/c1-14(2,3)12-9-7-11(8-10-12)13(16)15(4,5)6/h7-10,13H,16H2,1-6H3/t13-/m0/s1. The van der Waals surface area contributed by atoms with Crippen LogP contribution in [0.4, 0.5) is 0 Å². The Hall–Kier alpha value is -0.820. The highest BCUT2D eigenvalue weighted by Gasteiger charge is 2.22. The Labute approximate surface area is 100 Å². The van der Waals surface area contributed by atoms with Gasteiger partial charge >= 0.3 is 0 Å². The van der Waals surface area contributed by atoms with Crippen molar-refractivity contribution in [3.05, 3.63) is 35.4 Å². The van der Waals surface area contributed by atoms with Crippen LogP contribution in [0.3, 0.4) is 0 Å². The summed E-state index contributed by atoms with van der Waals surface area (Å²) in [6.07, 6.45) is 0. The smallest absolute Gasteiger partial charge is 0.0344 e. The maximum Gasteiger partial charge on any atom is 0.0344 e. The lowest BCUT2D eigenvalue weighted by atomic mass is 9.81. The fraction of sp³-hybridized carbons (Fsp3) is 0.600. The number of nitrogens with two attached hydrogens (primary N) is 1. The molecule has 0 aliphatic carbocycles. The summed E-state index contributed by atoms with van der Waals surface area (Å²) in [7, 11) is 0. The summed E-state index contributed by atoms with van der Waals surface area (Å²) in [5, 5.41) is 0. The molecule has 1 rings (SSSR count). The van der Waals surface area contributed by atoms with E-state index in [1.165, 1.54) is 11.1 Å². The molecule has 16 heavy (non-hydrogen) atoms. The zero-order chi connectivity index (χ0) is 12.6.